The van der Waals surface area contributed by atoms with E-state index in [0.717, 1.165) is 0 Å². The molecule has 0 aliphatic rings. The SMILES string of the molecule is Oc1cc(Cc2cc(C(F)(F)F)cc(C(F)(F)F)c2)cc2[nH]ccc12. The standard InChI is InChI=1S/C17H11F6NO/c18-16(19,20)11-4-9(5-12(8-11)17(21,22)23)3-10-6-14-13(1-2-24-14)15(25)7-10/h1-2,4-8,24-25H,3H2. The van der Waals surface area contributed by atoms with Crippen LogP contribution >= 0.6 is 0 Å². The van der Waals surface area contributed by atoms with Gasteiger partial charge in [0.05, 0.1) is 11.1 Å². The Labute approximate surface area is 137 Å². The predicted octanol–water partition coefficient (Wildman–Crippen LogP) is 5.50. The van der Waals surface area contributed by atoms with E-state index in [1.165, 1.54) is 6.07 Å². The fraction of sp³-hybridized carbons (Fsp3) is 0.176. The molecule has 0 amide bonds. The Balaban J connectivity index is 2.06. The first-order valence-electron chi connectivity index (χ1n) is 7.11. The molecule has 132 valence electrons. The maximum atomic E-state index is 12.9. The van der Waals surface area contributed by atoms with Crippen LogP contribution in [0.1, 0.15) is 22.3 Å². The number of benzene rings is 2. The lowest BCUT2D eigenvalue weighted by Crippen LogP contribution is -2.12. The fourth-order valence-corrected chi connectivity index (χ4v) is 2.66. The van der Waals surface area contributed by atoms with Crippen molar-refractivity contribution in [3.05, 3.63) is 64.8 Å². The first-order chi connectivity index (χ1) is 11.5. The number of halogens is 6. The molecule has 0 spiro atoms. The number of phenolic OH excluding ortho intramolecular Hbond substituents is 1. The van der Waals surface area contributed by atoms with Gasteiger partial charge in [0.15, 0.2) is 0 Å². The summed E-state index contributed by atoms with van der Waals surface area (Å²) in [6.07, 6.45) is -8.39. The van der Waals surface area contributed by atoms with E-state index in [-0.39, 0.29) is 23.8 Å². The molecule has 0 radical (unpaired) electrons. The van der Waals surface area contributed by atoms with Gasteiger partial charge in [-0.2, -0.15) is 26.3 Å². The highest BCUT2D eigenvalue weighted by Gasteiger charge is 2.36. The Morgan fingerprint density at radius 1 is 0.800 bits per heavy atom. The van der Waals surface area contributed by atoms with Gasteiger partial charge in [0.2, 0.25) is 0 Å². The zero-order valence-corrected chi connectivity index (χ0v) is 12.5. The van der Waals surface area contributed by atoms with Crippen molar-refractivity contribution in [1.82, 2.24) is 4.98 Å². The Morgan fingerprint density at radius 2 is 1.36 bits per heavy atom. The molecule has 0 bridgehead atoms. The third kappa shape index (κ3) is 3.57. The third-order valence-corrected chi connectivity index (χ3v) is 3.76. The molecule has 0 unspecified atom stereocenters. The molecular formula is C17H11F6NO. The number of alkyl halides is 6. The Morgan fingerprint density at radius 3 is 1.92 bits per heavy atom. The summed E-state index contributed by atoms with van der Waals surface area (Å²) in [5.41, 5.74) is -1.93. The fourth-order valence-electron chi connectivity index (χ4n) is 2.66. The van der Waals surface area contributed by atoms with Gasteiger partial charge >= 0.3 is 12.4 Å². The normalized spacial score (nSPS) is 12.7. The minimum atomic E-state index is -4.89. The molecule has 8 heteroatoms. The van der Waals surface area contributed by atoms with Gasteiger partial charge in [-0.05, 0) is 53.9 Å². The minimum Gasteiger partial charge on any atom is -0.507 e. The van der Waals surface area contributed by atoms with Crippen LogP contribution in [0.2, 0.25) is 0 Å². The maximum Gasteiger partial charge on any atom is 0.416 e. The molecule has 0 atom stereocenters. The number of aromatic hydroxyl groups is 1. The van der Waals surface area contributed by atoms with E-state index < -0.39 is 23.5 Å². The number of rotatable bonds is 2. The van der Waals surface area contributed by atoms with Crippen LogP contribution in [-0.4, -0.2) is 10.1 Å². The lowest BCUT2D eigenvalue weighted by atomic mass is 9.98. The van der Waals surface area contributed by atoms with Crippen LogP contribution in [-0.2, 0) is 18.8 Å². The largest absolute Gasteiger partial charge is 0.507 e. The van der Waals surface area contributed by atoms with Crippen molar-refractivity contribution in [1.29, 1.82) is 0 Å². The molecule has 2 aromatic carbocycles. The molecule has 2 nitrogen and oxygen atoms in total. The second kappa shape index (κ2) is 5.72. The first kappa shape index (κ1) is 17.2. The molecule has 1 heterocycles. The number of hydrogen-bond donors (Lipinski definition) is 2. The summed E-state index contributed by atoms with van der Waals surface area (Å²) in [5, 5.41) is 10.4. The smallest absolute Gasteiger partial charge is 0.416 e. The summed E-state index contributed by atoms with van der Waals surface area (Å²) in [6, 6.07) is 5.97. The summed E-state index contributed by atoms with van der Waals surface area (Å²) in [6.45, 7) is 0. The predicted molar refractivity (Wildman–Crippen MR) is 79.2 cm³/mol. The molecule has 0 fully saturated rings. The number of H-pyrrole nitrogens is 1. The van der Waals surface area contributed by atoms with Gasteiger partial charge in [-0.1, -0.05) is 0 Å². The third-order valence-electron chi connectivity index (χ3n) is 3.76. The van der Waals surface area contributed by atoms with Crippen LogP contribution in [0.5, 0.6) is 5.75 Å². The first-order valence-corrected chi connectivity index (χ1v) is 7.11. The summed E-state index contributed by atoms with van der Waals surface area (Å²) in [4.78, 5) is 2.84. The van der Waals surface area contributed by atoms with Gasteiger partial charge in [-0.15, -0.1) is 0 Å². The molecular weight excluding hydrogens is 348 g/mol. The monoisotopic (exact) mass is 359 g/mol. The lowest BCUT2D eigenvalue weighted by Gasteiger charge is -2.14. The number of phenols is 1. The molecule has 25 heavy (non-hydrogen) atoms. The molecule has 0 saturated heterocycles. The molecule has 1 aromatic heterocycles. The van der Waals surface area contributed by atoms with E-state index in [9.17, 15) is 31.4 Å². The second-order valence-corrected chi connectivity index (χ2v) is 5.64. The number of aromatic nitrogens is 1. The van der Waals surface area contributed by atoms with Crippen molar-refractivity contribution in [3.8, 4) is 5.75 Å². The van der Waals surface area contributed by atoms with Crippen molar-refractivity contribution in [2.24, 2.45) is 0 Å². The number of nitrogens with one attached hydrogen (secondary N) is 1. The molecule has 0 saturated carbocycles. The summed E-state index contributed by atoms with van der Waals surface area (Å²) < 4.78 is 77.4. The maximum absolute atomic E-state index is 12.9. The van der Waals surface area contributed by atoms with Crippen molar-refractivity contribution < 1.29 is 31.4 Å². The summed E-state index contributed by atoms with van der Waals surface area (Å²) in [5.74, 6) is -0.100. The van der Waals surface area contributed by atoms with Gasteiger partial charge < -0.3 is 10.1 Å². The zero-order chi connectivity index (χ0) is 18.4. The highest BCUT2D eigenvalue weighted by atomic mass is 19.4. The average Bonchev–Trinajstić information content (AvgIpc) is 2.94. The Hall–Kier alpha value is -2.64. The number of aromatic amines is 1. The van der Waals surface area contributed by atoms with Crippen molar-refractivity contribution in [2.45, 2.75) is 18.8 Å². The average molecular weight is 359 g/mol. The van der Waals surface area contributed by atoms with Gasteiger partial charge in [-0.25, -0.2) is 0 Å². The van der Waals surface area contributed by atoms with Crippen molar-refractivity contribution in [3.63, 3.8) is 0 Å². The van der Waals surface area contributed by atoms with Crippen molar-refractivity contribution >= 4 is 10.9 Å². The van der Waals surface area contributed by atoms with Crippen LogP contribution in [0.25, 0.3) is 10.9 Å². The zero-order valence-electron chi connectivity index (χ0n) is 12.5. The van der Waals surface area contributed by atoms with E-state index in [4.69, 9.17) is 0 Å². The molecule has 2 N–H and O–H groups in total. The van der Waals surface area contributed by atoms with Gasteiger partial charge in [0, 0.05) is 17.1 Å². The van der Waals surface area contributed by atoms with Crippen molar-refractivity contribution in [2.75, 3.05) is 0 Å². The van der Waals surface area contributed by atoms with Gasteiger partial charge in [0.1, 0.15) is 5.75 Å². The van der Waals surface area contributed by atoms with Crippen LogP contribution in [0.3, 0.4) is 0 Å². The van der Waals surface area contributed by atoms with Gasteiger partial charge in [0.25, 0.3) is 0 Å². The van der Waals surface area contributed by atoms with Crippen LogP contribution in [0, 0.1) is 0 Å². The molecule has 3 aromatic rings. The summed E-state index contributed by atoms with van der Waals surface area (Å²) in [7, 11) is 0. The summed E-state index contributed by atoms with van der Waals surface area (Å²) >= 11 is 0. The minimum absolute atomic E-state index is 0.0924. The van der Waals surface area contributed by atoms with E-state index in [1.54, 1.807) is 18.3 Å². The van der Waals surface area contributed by atoms with Crippen LogP contribution in [0.4, 0.5) is 26.3 Å². The Bertz CT molecular complexity index is 891. The van der Waals surface area contributed by atoms with E-state index in [0.29, 0.717) is 28.6 Å². The van der Waals surface area contributed by atoms with E-state index >= 15 is 0 Å². The van der Waals surface area contributed by atoms with E-state index in [1.807, 2.05) is 0 Å². The van der Waals surface area contributed by atoms with Crippen LogP contribution < -0.4 is 0 Å². The lowest BCUT2D eigenvalue weighted by molar-refractivity contribution is -0.143. The molecule has 3 rings (SSSR count). The van der Waals surface area contributed by atoms with Gasteiger partial charge in [-0.3, -0.25) is 0 Å². The second-order valence-electron chi connectivity index (χ2n) is 5.64. The molecule has 0 aliphatic heterocycles. The quantitative estimate of drug-likeness (QED) is 0.582. The highest BCUT2D eigenvalue weighted by molar-refractivity contribution is 5.86. The highest BCUT2D eigenvalue weighted by Crippen LogP contribution is 2.37. The number of hydrogen-bond acceptors (Lipinski definition) is 1. The molecule has 0 aliphatic carbocycles. The number of fused-ring (bicyclic) bond motifs is 1. The topological polar surface area (TPSA) is 36.0 Å². The van der Waals surface area contributed by atoms with Crippen LogP contribution in [0.15, 0.2) is 42.6 Å². The van der Waals surface area contributed by atoms with E-state index in [2.05, 4.69) is 4.98 Å². The Kier molecular flexibility index (Phi) is 3.93.